The summed E-state index contributed by atoms with van der Waals surface area (Å²) in [4.78, 5) is 24.0. The molecule has 1 aromatic heterocycles. The van der Waals surface area contributed by atoms with E-state index in [0.717, 1.165) is 31.6 Å². The molecule has 24 heavy (non-hydrogen) atoms. The van der Waals surface area contributed by atoms with Crippen LogP contribution in [0.5, 0.6) is 0 Å². The van der Waals surface area contributed by atoms with E-state index in [1.54, 1.807) is 0 Å². The highest BCUT2D eigenvalue weighted by molar-refractivity contribution is 5.93. The Bertz CT molecular complexity index is 568. The first-order chi connectivity index (χ1) is 11.7. The van der Waals surface area contributed by atoms with Crippen molar-refractivity contribution in [1.82, 2.24) is 15.3 Å². The van der Waals surface area contributed by atoms with Gasteiger partial charge in [-0.3, -0.25) is 4.79 Å². The molecule has 1 amide bonds. The summed E-state index contributed by atoms with van der Waals surface area (Å²) in [6, 6.07) is 2.73. The molecule has 5 nitrogen and oxygen atoms in total. The third-order valence-corrected chi connectivity index (χ3v) is 5.39. The van der Waals surface area contributed by atoms with Crippen molar-refractivity contribution in [1.29, 1.82) is 0 Å². The number of hydrogen-bond acceptors (Lipinski definition) is 4. The summed E-state index contributed by atoms with van der Waals surface area (Å²) in [6.45, 7) is 5.14. The Morgan fingerprint density at radius 2 is 1.92 bits per heavy atom. The van der Waals surface area contributed by atoms with E-state index in [9.17, 15) is 4.79 Å². The smallest absolute Gasteiger partial charge is 0.270 e. The summed E-state index contributed by atoms with van der Waals surface area (Å²) in [7, 11) is 0. The molecule has 2 fully saturated rings. The molecule has 1 aliphatic heterocycles. The Kier molecular flexibility index (Phi) is 5.69. The van der Waals surface area contributed by atoms with Crippen LogP contribution in [-0.2, 0) is 0 Å². The maximum atomic E-state index is 12.6. The van der Waals surface area contributed by atoms with Crippen LogP contribution in [-0.4, -0.2) is 34.5 Å². The highest BCUT2D eigenvalue weighted by Crippen LogP contribution is 2.25. The van der Waals surface area contributed by atoms with Crippen LogP contribution in [0.1, 0.15) is 81.0 Å². The molecule has 1 saturated carbocycles. The second-order valence-electron chi connectivity index (χ2n) is 7.22. The monoisotopic (exact) mass is 330 g/mol. The molecule has 2 heterocycles. The third kappa shape index (κ3) is 4.05. The van der Waals surface area contributed by atoms with E-state index in [0.29, 0.717) is 23.6 Å². The van der Waals surface area contributed by atoms with Crippen molar-refractivity contribution < 1.29 is 4.79 Å². The third-order valence-electron chi connectivity index (χ3n) is 5.39. The standard InChI is InChI=1S/C19H30N4O/c1-3-16-11-7-8-12-23(16)18-13-17(20-14(2)21-18)19(24)22-15-9-5-4-6-10-15/h13,15-16H,3-12H2,1-2H3,(H,22,24). The SMILES string of the molecule is CCC1CCCCN1c1cc(C(=O)NC2CCCCC2)nc(C)n1. The molecule has 0 aromatic carbocycles. The molecule has 1 N–H and O–H groups in total. The lowest BCUT2D eigenvalue weighted by molar-refractivity contribution is 0.0922. The van der Waals surface area contributed by atoms with E-state index < -0.39 is 0 Å². The molecule has 1 aromatic rings. The number of aryl methyl sites for hydroxylation is 1. The van der Waals surface area contributed by atoms with Gasteiger partial charge in [-0.25, -0.2) is 9.97 Å². The summed E-state index contributed by atoms with van der Waals surface area (Å²) >= 11 is 0. The van der Waals surface area contributed by atoms with Crippen LogP contribution in [0.2, 0.25) is 0 Å². The van der Waals surface area contributed by atoms with E-state index in [-0.39, 0.29) is 5.91 Å². The second-order valence-corrected chi connectivity index (χ2v) is 7.22. The van der Waals surface area contributed by atoms with E-state index in [4.69, 9.17) is 0 Å². The Morgan fingerprint density at radius 3 is 2.67 bits per heavy atom. The minimum absolute atomic E-state index is 0.0429. The van der Waals surface area contributed by atoms with Gasteiger partial charge in [0.05, 0.1) is 0 Å². The van der Waals surface area contributed by atoms with Crippen molar-refractivity contribution in [2.75, 3.05) is 11.4 Å². The Morgan fingerprint density at radius 1 is 1.17 bits per heavy atom. The predicted octanol–water partition coefficient (Wildman–Crippen LogP) is 3.62. The summed E-state index contributed by atoms with van der Waals surface area (Å²) in [6.07, 6.45) is 10.7. The summed E-state index contributed by atoms with van der Waals surface area (Å²) < 4.78 is 0. The van der Waals surface area contributed by atoms with Crippen LogP contribution < -0.4 is 10.2 Å². The van der Waals surface area contributed by atoms with Gasteiger partial charge in [-0.1, -0.05) is 26.2 Å². The Labute approximate surface area is 145 Å². The first-order valence-electron chi connectivity index (χ1n) is 9.60. The molecule has 1 saturated heterocycles. The minimum Gasteiger partial charge on any atom is -0.354 e. The van der Waals surface area contributed by atoms with Gasteiger partial charge in [-0.05, 0) is 45.4 Å². The average molecular weight is 330 g/mol. The van der Waals surface area contributed by atoms with Gasteiger partial charge in [-0.15, -0.1) is 0 Å². The van der Waals surface area contributed by atoms with Crippen molar-refractivity contribution in [2.45, 2.75) is 83.7 Å². The number of piperidine rings is 1. The summed E-state index contributed by atoms with van der Waals surface area (Å²) in [5.41, 5.74) is 0.517. The van der Waals surface area contributed by atoms with E-state index >= 15 is 0 Å². The molecule has 1 atom stereocenters. The van der Waals surface area contributed by atoms with Gasteiger partial charge in [0.2, 0.25) is 0 Å². The number of aromatic nitrogens is 2. The first-order valence-corrected chi connectivity index (χ1v) is 9.60. The minimum atomic E-state index is -0.0429. The zero-order valence-corrected chi connectivity index (χ0v) is 15.1. The number of anilines is 1. The highest BCUT2D eigenvalue weighted by Gasteiger charge is 2.24. The first kappa shape index (κ1) is 17.2. The van der Waals surface area contributed by atoms with Crippen LogP contribution in [0, 0.1) is 6.92 Å². The lowest BCUT2D eigenvalue weighted by Gasteiger charge is -2.36. The molecule has 2 aliphatic rings. The maximum absolute atomic E-state index is 12.6. The fourth-order valence-corrected chi connectivity index (χ4v) is 4.05. The number of nitrogens with one attached hydrogen (secondary N) is 1. The molecular weight excluding hydrogens is 300 g/mol. The summed E-state index contributed by atoms with van der Waals surface area (Å²) in [5, 5.41) is 3.17. The van der Waals surface area contributed by atoms with Crippen molar-refractivity contribution >= 4 is 11.7 Å². The van der Waals surface area contributed by atoms with Gasteiger partial charge < -0.3 is 10.2 Å². The largest absolute Gasteiger partial charge is 0.354 e. The molecule has 5 heteroatoms. The Hall–Kier alpha value is -1.65. The molecule has 0 spiro atoms. The van der Waals surface area contributed by atoms with Crippen LogP contribution >= 0.6 is 0 Å². The molecule has 3 rings (SSSR count). The fourth-order valence-electron chi connectivity index (χ4n) is 4.05. The molecule has 0 bridgehead atoms. The quantitative estimate of drug-likeness (QED) is 0.916. The number of nitrogens with zero attached hydrogens (tertiary/aromatic N) is 3. The number of hydrogen-bond donors (Lipinski definition) is 1. The molecule has 1 unspecified atom stereocenters. The van der Waals surface area contributed by atoms with Crippen LogP contribution in [0.15, 0.2) is 6.07 Å². The fraction of sp³-hybridized carbons (Fsp3) is 0.737. The molecular formula is C19H30N4O. The van der Waals surface area contributed by atoms with Crippen molar-refractivity contribution in [3.8, 4) is 0 Å². The van der Waals surface area contributed by atoms with E-state index in [1.165, 1.54) is 38.5 Å². The highest BCUT2D eigenvalue weighted by atomic mass is 16.1. The van der Waals surface area contributed by atoms with Gasteiger partial charge in [-0.2, -0.15) is 0 Å². The van der Waals surface area contributed by atoms with E-state index in [2.05, 4.69) is 27.1 Å². The number of carbonyl (C=O) groups excluding carboxylic acids is 1. The second kappa shape index (κ2) is 7.95. The van der Waals surface area contributed by atoms with Gasteiger partial charge in [0.15, 0.2) is 0 Å². The van der Waals surface area contributed by atoms with Crippen molar-refractivity contribution in [2.24, 2.45) is 0 Å². The maximum Gasteiger partial charge on any atom is 0.270 e. The van der Waals surface area contributed by atoms with Crippen molar-refractivity contribution in [3.05, 3.63) is 17.6 Å². The normalized spacial score (nSPS) is 22.4. The predicted molar refractivity (Wildman–Crippen MR) is 96.4 cm³/mol. The molecule has 0 radical (unpaired) electrons. The summed E-state index contributed by atoms with van der Waals surface area (Å²) in [5.74, 6) is 1.56. The van der Waals surface area contributed by atoms with Crippen LogP contribution in [0.25, 0.3) is 0 Å². The molecule has 1 aliphatic carbocycles. The number of amides is 1. The zero-order valence-electron chi connectivity index (χ0n) is 15.1. The lowest BCUT2D eigenvalue weighted by atomic mass is 9.95. The van der Waals surface area contributed by atoms with E-state index in [1.807, 2.05) is 13.0 Å². The van der Waals surface area contributed by atoms with Crippen LogP contribution in [0.4, 0.5) is 5.82 Å². The molecule has 132 valence electrons. The van der Waals surface area contributed by atoms with Gasteiger partial charge in [0.25, 0.3) is 5.91 Å². The zero-order chi connectivity index (χ0) is 16.9. The number of rotatable bonds is 4. The lowest BCUT2D eigenvalue weighted by Crippen LogP contribution is -2.40. The van der Waals surface area contributed by atoms with Crippen molar-refractivity contribution in [3.63, 3.8) is 0 Å². The van der Waals surface area contributed by atoms with Gasteiger partial charge in [0.1, 0.15) is 17.3 Å². The van der Waals surface area contributed by atoms with Gasteiger partial charge in [0, 0.05) is 24.7 Å². The van der Waals surface area contributed by atoms with Gasteiger partial charge >= 0.3 is 0 Å². The average Bonchev–Trinajstić information content (AvgIpc) is 2.62. The Balaban J connectivity index is 1.76. The number of carbonyl (C=O) groups is 1. The van der Waals surface area contributed by atoms with Crippen LogP contribution in [0.3, 0.4) is 0 Å². The topological polar surface area (TPSA) is 58.1 Å².